The van der Waals surface area contributed by atoms with Crippen LogP contribution in [0.1, 0.15) is 6.92 Å². The highest BCUT2D eigenvalue weighted by Gasteiger charge is 2.12. The predicted molar refractivity (Wildman–Crippen MR) is 59.5 cm³/mol. The van der Waals surface area contributed by atoms with Gasteiger partial charge >= 0.3 is 0 Å². The zero-order valence-electron chi connectivity index (χ0n) is 8.61. The molecule has 5 nitrogen and oxygen atoms in total. The molecule has 0 spiro atoms. The number of hydrogen-bond acceptors (Lipinski definition) is 5. The summed E-state index contributed by atoms with van der Waals surface area (Å²) in [5, 5.41) is 8.92. The minimum absolute atomic E-state index is 0.0943. The molecule has 0 aliphatic rings. The quantitative estimate of drug-likeness (QED) is 0.785. The molecule has 1 aromatic rings. The van der Waals surface area contributed by atoms with E-state index in [0.717, 1.165) is 0 Å². The van der Waals surface area contributed by atoms with Crippen LogP contribution in [-0.2, 0) is 0 Å². The van der Waals surface area contributed by atoms with Crippen molar-refractivity contribution in [2.45, 2.75) is 6.92 Å². The van der Waals surface area contributed by atoms with Crippen LogP contribution >= 0.6 is 11.6 Å². The van der Waals surface area contributed by atoms with Crippen molar-refractivity contribution in [1.82, 2.24) is 9.97 Å². The second-order valence-electron chi connectivity index (χ2n) is 3.31. The number of nitriles is 1. The monoisotopic (exact) mass is 225 g/mol. The van der Waals surface area contributed by atoms with Gasteiger partial charge in [-0.15, -0.1) is 0 Å². The Morgan fingerprint density at radius 3 is 2.93 bits per heavy atom. The van der Waals surface area contributed by atoms with Crippen molar-refractivity contribution in [2.24, 2.45) is 5.92 Å². The molecule has 0 aromatic carbocycles. The second-order valence-corrected chi connectivity index (χ2v) is 3.67. The van der Waals surface area contributed by atoms with E-state index in [1.807, 2.05) is 14.0 Å². The van der Waals surface area contributed by atoms with E-state index in [9.17, 15) is 0 Å². The molecule has 1 atom stereocenters. The summed E-state index contributed by atoms with van der Waals surface area (Å²) in [5.41, 5.74) is 6.06. The normalized spacial score (nSPS) is 11.9. The molecule has 1 rings (SSSR count). The van der Waals surface area contributed by atoms with Crippen LogP contribution in [0.3, 0.4) is 0 Å². The first kappa shape index (κ1) is 11.5. The van der Waals surface area contributed by atoms with Crippen LogP contribution in [0, 0.1) is 17.2 Å². The summed E-state index contributed by atoms with van der Waals surface area (Å²) in [6.07, 6.45) is 1.35. The lowest BCUT2D eigenvalue weighted by molar-refractivity contribution is 0.710. The van der Waals surface area contributed by atoms with E-state index in [-0.39, 0.29) is 11.1 Å². The van der Waals surface area contributed by atoms with Crippen molar-refractivity contribution in [1.29, 1.82) is 5.26 Å². The van der Waals surface area contributed by atoms with Crippen LogP contribution in [0.15, 0.2) is 6.33 Å². The molecular weight excluding hydrogens is 214 g/mol. The maximum Gasteiger partial charge on any atom is 0.157 e. The Morgan fingerprint density at radius 2 is 2.33 bits per heavy atom. The molecule has 15 heavy (non-hydrogen) atoms. The predicted octanol–water partition coefficient (Wildman–Crippen LogP) is 1.31. The van der Waals surface area contributed by atoms with Gasteiger partial charge in [-0.1, -0.05) is 11.6 Å². The number of nitrogens with two attached hydrogens (primary N) is 1. The first-order valence-electron chi connectivity index (χ1n) is 4.43. The van der Waals surface area contributed by atoms with E-state index < -0.39 is 0 Å². The molecule has 0 amide bonds. The molecular formula is C9H12ClN5. The van der Waals surface area contributed by atoms with E-state index in [4.69, 9.17) is 22.6 Å². The number of rotatable bonds is 3. The topological polar surface area (TPSA) is 78.8 Å². The van der Waals surface area contributed by atoms with Crippen LogP contribution in [0.4, 0.5) is 11.5 Å². The molecule has 0 fully saturated rings. The molecule has 0 bridgehead atoms. The number of hydrogen-bond donors (Lipinski definition) is 1. The van der Waals surface area contributed by atoms with Gasteiger partial charge in [-0.25, -0.2) is 9.97 Å². The largest absolute Gasteiger partial charge is 0.393 e. The fourth-order valence-corrected chi connectivity index (χ4v) is 1.34. The Bertz CT molecular complexity index is 387. The summed E-state index contributed by atoms with van der Waals surface area (Å²) in [4.78, 5) is 9.57. The Morgan fingerprint density at radius 1 is 1.67 bits per heavy atom. The highest BCUT2D eigenvalue weighted by Crippen LogP contribution is 2.24. The van der Waals surface area contributed by atoms with Crippen LogP contribution in [-0.4, -0.2) is 23.6 Å². The third-order valence-electron chi connectivity index (χ3n) is 1.94. The van der Waals surface area contributed by atoms with Gasteiger partial charge in [0.1, 0.15) is 12.0 Å². The van der Waals surface area contributed by atoms with Crippen molar-refractivity contribution in [2.75, 3.05) is 24.2 Å². The smallest absolute Gasteiger partial charge is 0.157 e. The number of nitrogens with zero attached hydrogens (tertiary/aromatic N) is 4. The first-order chi connectivity index (χ1) is 7.06. The summed E-state index contributed by atoms with van der Waals surface area (Å²) in [6, 6.07) is 2.14. The molecule has 1 unspecified atom stereocenters. The van der Waals surface area contributed by atoms with Gasteiger partial charge < -0.3 is 10.6 Å². The number of nitrogen functional groups attached to an aromatic ring is 1. The van der Waals surface area contributed by atoms with E-state index in [0.29, 0.717) is 18.1 Å². The van der Waals surface area contributed by atoms with Crippen molar-refractivity contribution in [3.8, 4) is 6.07 Å². The molecule has 2 N–H and O–H groups in total. The van der Waals surface area contributed by atoms with Crippen LogP contribution in [0.5, 0.6) is 0 Å². The van der Waals surface area contributed by atoms with Crippen molar-refractivity contribution in [3.05, 3.63) is 11.5 Å². The highest BCUT2D eigenvalue weighted by molar-refractivity contribution is 6.32. The van der Waals surface area contributed by atoms with Crippen LogP contribution in [0.2, 0.25) is 5.15 Å². The Kier molecular flexibility index (Phi) is 3.69. The summed E-state index contributed by atoms with van der Waals surface area (Å²) < 4.78 is 0. The molecule has 0 aliphatic carbocycles. The lowest BCUT2D eigenvalue weighted by Gasteiger charge is -2.20. The molecule has 1 aromatic heterocycles. The molecule has 80 valence electrons. The summed E-state index contributed by atoms with van der Waals surface area (Å²) in [5.74, 6) is 0.459. The Hall–Kier alpha value is -1.54. The SMILES string of the molecule is CC(C#N)CN(C)c1ncnc(Cl)c1N. The molecule has 0 radical (unpaired) electrons. The van der Waals surface area contributed by atoms with Gasteiger partial charge in [0.15, 0.2) is 11.0 Å². The number of aromatic nitrogens is 2. The van der Waals surface area contributed by atoms with Gasteiger partial charge in [0.25, 0.3) is 0 Å². The van der Waals surface area contributed by atoms with E-state index in [1.165, 1.54) is 6.33 Å². The minimum atomic E-state index is -0.0943. The zero-order chi connectivity index (χ0) is 11.4. The average Bonchev–Trinajstić information content (AvgIpc) is 2.21. The average molecular weight is 226 g/mol. The van der Waals surface area contributed by atoms with Gasteiger partial charge in [-0.2, -0.15) is 5.26 Å². The van der Waals surface area contributed by atoms with Crippen molar-refractivity contribution in [3.63, 3.8) is 0 Å². The summed E-state index contributed by atoms with van der Waals surface area (Å²) >= 11 is 5.76. The maximum absolute atomic E-state index is 8.69. The maximum atomic E-state index is 8.69. The second kappa shape index (κ2) is 4.80. The Balaban J connectivity index is 2.87. The third-order valence-corrected chi connectivity index (χ3v) is 2.25. The first-order valence-corrected chi connectivity index (χ1v) is 4.80. The van der Waals surface area contributed by atoms with Crippen molar-refractivity contribution >= 4 is 23.1 Å². The van der Waals surface area contributed by atoms with Gasteiger partial charge in [0, 0.05) is 13.6 Å². The standard InChI is InChI=1S/C9H12ClN5/c1-6(3-11)4-15(2)9-7(12)8(10)13-5-14-9/h5-6H,4,12H2,1-2H3. The van der Waals surface area contributed by atoms with Crippen LogP contribution < -0.4 is 10.6 Å². The Labute approximate surface area is 93.5 Å². The fraction of sp³-hybridized carbons (Fsp3) is 0.444. The van der Waals surface area contributed by atoms with Gasteiger partial charge in [-0.05, 0) is 6.92 Å². The van der Waals surface area contributed by atoms with Crippen LogP contribution in [0.25, 0.3) is 0 Å². The van der Waals surface area contributed by atoms with Crippen molar-refractivity contribution < 1.29 is 0 Å². The molecule has 0 saturated carbocycles. The lowest BCUT2D eigenvalue weighted by atomic mass is 10.2. The van der Waals surface area contributed by atoms with Gasteiger partial charge in [0.05, 0.1) is 12.0 Å². The molecule has 6 heteroatoms. The summed E-state index contributed by atoms with van der Waals surface area (Å²) in [7, 11) is 1.81. The van der Waals surface area contributed by atoms with E-state index >= 15 is 0 Å². The number of halogens is 1. The zero-order valence-corrected chi connectivity index (χ0v) is 9.36. The van der Waals surface area contributed by atoms with Gasteiger partial charge in [0.2, 0.25) is 0 Å². The minimum Gasteiger partial charge on any atom is -0.393 e. The third kappa shape index (κ3) is 2.70. The highest BCUT2D eigenvalue weighted by atomic mass is 35.5. The molecule has 1 heterocycles. The van der Waals surface area contributed by atoms with E-state index in [2.05, 4.69) is 16.0 Å². The fourth-order valence-electron chi connectivity index (χ4n) is 1.21. The van der Waals surface area contributed by atoms with E-state index in [1.54, 1.807) is 4.90 Å². The summed E-state index contributed by atoms with van der Waals surface area (Å²) in [6.45, 7) is 2.38. The number of anilines is 2. The lowest BCUT2D eigenvalue weighted by Crippen LogP contribution is -2.25. The van der Waals surface area contributed by atoms with Gasteiger partial charge in [-0.3, -0.25) is 0 Å². The molecule has 0 aliphatic heterocycles. The molecule has 0 saturated heterocycles.